The Labute approximate surface area is 72.0 Å². The number of terminal acetylenes is 1. The van der Waals surface area contributed by atoms with E-state index in [0.717, 1.165) is 0 Å². The molecule has 12 heavy (non-hydrogen) atoms. The summed E-state index contributed by atoms with van der Waals surface area (Å²) in [4.78, 5) is 0. The predicted octanol–water partition coefficient (Wildman–Crippen LogP) is -0.640. The van der Waals surface area contributed by atoms with Crippen LogP contribution in [0.3, 0.4) is 0 Å². The van der Waals surface area contributed by atoms with E-state index < -0.39 is 17.6 Å². The molecule has 3 heteroatoms. The Morgan fingerprint density at radius 2 is 2.25 bits per heavy atom. The molecular weight excluding hydrogens is 156 g/mol. The number of hydrogen-bond donors (Lipinski definition) is 3. The van der Waals surface area contributed by atoms with Crippen LogP contribution in [0, 0.1) is 24.2 Å². The number of hydrogen-bond acceptors (Lipinski definition) is 3. The topological polar surface area (TPSA) is 60.7 Å². The summed E-state index contributed by atoms with van der Waals surface area (Å²) in [7, 11) is 0. The standard InChI is InChI=1S/C9H14O3/c1-3-6(5-10)9(2,12)7-4-8(7)11/h1,6-8,10-12H,4-5H2,2H3/t6-,7?,8?,9?/m0/s1. The molecule has 3 N–H and O–H groups in total. The van der Waals surface area contributed by atoms with Gasteiger partial charge in [-0.1, -0.05) is 5.92 Å². The molecule has 1 aliphatic rings. The Balaban J connectivity index is 2.64. The van der Waals surface area contributed by atoms with Crippen LogP contribution in [-0.4, -0.2) is 33.6 Å². The summed E-state index contributed by atoms with van der Waals surface area (Å²) >= 11 is 0. The number of aliphatic hydroxyl groups is 3. The molecule has 4 atom stereocenters. The van der Waals surface area contributed by atoms with E-state index in [0.29, 0.717) is 6.42 Å². The molecule has 1 aliphatic carbocycles. The fraction of sp³-hybridized carbons (Fsp3) is 0.778. The fourth-order valence-electron chi connectivity index (χ4n) is 1.47. The molecule has 0 amide bonds. The van der Waals surface area contributed by atoms with Gasteiger partial charge in [0.2, 0.25) is 0 Å². The maximum Gasteiger partial charge on any atom is 0.0832 e. The van der Waals surface area contributed by atoms with Crippen molar-refractivity contribution in [3.05, 3.63) is 0 Å². The molecule has 0 aromatic heterocycles. The van der Waals surface area contributed by atoms with E-state index in [4.69, 9.17) is 16.6 Å². The molecule has 0 aliphatic heterocycles. The van der Waals surface area contributed by atoms with Crippen molar-refractivity contribution in [3.63, 3.8) is 0 Å². The Hall–Kier alpha value is -0.560. The predicted molar refractivity (Wildman–Crippen MR) is 44.1 cm³/mol. The van der Waals surface area contributed by atoms with Gasteiger partial charge in [-0.2, -0.15) is 0 Å². The highest BCUT2D eigenvalue weighted by Gasteiger charge is 2.51. The zero-order valence-corrected chi connectivity index (χ0v) is 7.07. The lowest BCUT2D eigenvalue weighted by molar-refractivity contribution is -0.0297. The van der Waals surface area contributed by atoms with E-state index in [-0.39, 0.29) is 12.5 Å². The van der Waals surface area contributed by atoms with E-state index >= 15 is 0 Å². The van der Waals surface area contributed by atoms with Gasteiger partial charge in [-0.25, -0.2) is 0 Å². The number of aliphatic hydroxyl groups excluding tert-OH is 2. The Morgan fingerprint density at radius 3 is 2.50 bits per heavy atom. The first-order valence-electron chi connectivity index (χ1n) is 4.01. The lowest BCUT2D eigenvalue weighted by Crippen LogP contribution is -2.39. The first-order chi connectivity index (χ1) is 5.54. The normalized spacial score (nSPS) is 34.9. The molecule has 3 nitrogen and oxygen atoms in total. The van der Waals surface area contributed by atoms with Crippen LogP contribution in [0.25, 0.3) is 0 Å². The average Bonchev–Trinajstić information content (AvgIpc) is 2.69. The van der Waals surface area contributed by atoms with Crippen LogP contribution in [0.15, 0.2) is 0 Å². The molecule has 68 valence electrons. The summed E-state index contributed by atoms with van der Waals surface area (Å²) in [5, 5.41) is 27.8. The third kappa shape index (κ3) is 1.46. The highest BCUT2D eigenvalue weighted by molar-refractivity contribution is 5.10. The van der Waals surface area contributed by atoms with Crippen molar-refractivity contribution < 1.29 is 15.3 Å². The van der Waals surface area contributed by atoms with E-state index in [9.17, 15) is 5.11 Å². The van der Waals surface area contributed by atoms with Gasteiger partial charge in [0.25, 0.3) is 0 Å². The van der Waals surface area contributed by atoms with Crippen molar-refractivity contribution in [2.45, 2.75) is 25.0 Å². The van der Waals surface area contributed by atoms with Gasteiger partial charge in [-0.15, -0.1) is 6.42 Å². The Morgan fingerprint density at radius 1 is 1.75 bits per heavy atom. The van der Waals surface area contributed by atoms with Gasteiger partial charge < -0.3 is 15.3 Å². The van der Waals surface area contributed by atoms with E-state index in [1.807, 2.05) is 0 Å². The first kappa shape index (κ1) is 9.53. The maximum atomic E-state index is 9.82. The minimum Gasteiger partial charge on any atom is -0.395 e. The molecule has 0 bridgehead atoms. The van der Waals surface area contributed by atoms with Crippen LogP contribution in [-0.2, 0) is 0 Å². The van der Waals surface area contributed by atoms with Crippen molar-refractivity contribution in [2.24, 2.45) is 11.8 Å². The molecule has 0 saturated heterocycles. The van der Waals surface area contributed by atoms with Gasteiger partial charge >= 0.3 is 0 Å². The van der Waals surface area contributed by atoms with Crippen LogP contribution < -0.4 is 0 Å². The lowest BCUT2D eigenvalue weighted by atomic mass is 9.86. The van der Waals surface area contributed by atoms with Crippen LogP contribution in [0.2, 0.25) is 0 Å². The van der Waals surface area contributed by atoms with E-state index in [1.54, 1.807) is 6.92 Å². The lowest BCUT2D eigenvalue weighted by Gasteiger charge is -2.28. The number of rotatable bonds is 3. The van der Waals surface area contributed by atoms with Gasteiger partial charge in [-0.3, -0.25) is 0 Å². The maximum absolute atomic E-state index is 9.82. The van der Waals surface area contributed by atoms with Crippen molar-refractivity contribution in [1.82, 2.24) is 0 Å². The van der Waals surface area contributed by atoms with Crippen LogP contribution in [0.4, 0.5) is 0 Å². The molecule has 1 saturated carbocycles. The van der Waals surface area contributed by atoms with Crippen LogP contribution in [0.5, 0.6) is 0 Å². The summed E-state index contributed by atoms with van der Waals surface area (Å²) in [5.41, 5.74) is -1.14. The SMILES string of the molecule is C#C[C@@H](CO)C(C)(O)C1CC1O. The van der Waals surface area contributed by atoms with Crippen molar-refractivity contribution in [3.8, 4) is 12.3 Å². The summed E-state index contributed by atoms with van der Waals surface area (Å²) in [5.74, 6) is 1.56. The third-order valence-corrected chi connectivity index (χ3v) is 2.60. The van der Waals surface area contributed by atoms with Crippen molar-refractivity contribution in [2.75, 3.05) is 6.61 Å². The molecule has 0 spiro atoms. The van der Waals surface area contributed by atoms with E-state index in [1.165, 1.54) is 0 Å². The summed E-state index contributed by atoms with van der Waals surface area (Å²) in [6.45, 7) is 1.32. The van der Waals surface area contributed by atoms with Gasteiger partial charge in [0.05, 0.1) is 24.2 Å². The molecular formula is C9H14O3. The summed E-state index contributed by atoms with van der Waals surface area (Å²) in [6, 6.07) is 0. The second kappa shape index (κ2) is 3.06. The largest absolute Gasteiger partial charge is 0.395 e. The van der Waals surface area contributed by atoms with Gasteiger partial charge in [0.1, 0.15) is 0 Å². The third-order valence-electron chi connectivity index (χ3n) is 2.60. The van der Waals surface area contributed by atoms with Crippen LogP contribution in [0.1, 0.15) is 13.3 Å². The quantitative estimate of drug-likeness (QED) is 0.494. The minimum absolute atomic E-state index is 0.175. The van der Waals surface area contributed by atoms with Gasteiger partial charge in [0, 0.05) is 5.92 Å². The first-order valence-corrected chi connectivity index (χ1v) is 4.01. The highest BCUT2D eigenvalue weighted by Crippen LogP contribution is 2.43. The van der Waals surface area contributed by atoms with Gasteiger partial charge in [-0.05, 0) is 13.3 Å². The smallest absolute Gasteiger partial charge is 0.0832 e. The van der Waals surface area contributed by atoms with E-state index in [2.05, 4.69) is 5.92 Å². The second-order valence-electron chi connectivity index (χ2n) is 3.54. The molecule has 0 radical (unpaired) electrons. The Bertz CT molecular complexity index is 204. The average molecular weight is 170 g/mol. The molecule has 1 fully saturated rings. The highest BCUT2D eigenvalue weighted by atomic mass is 16.3. The van der Waals surface area contributed by atoms with Crippen molar-refractivity contribution >= 4 is 0 Å². The monoisotopic (exact) mass is 170 g/mol. The molecule has 0 aromatic carbocycles. The molecule has 0 aromatic rings. The summed E-state index contributed by atoms with van der Waals surface area (Å²) in [6.07, 6.45) is 5.25. The van der Waals surface area contributed by atoms with Crippen LogP contribution >= 0.6 is 0 Å². The fourth-order valence-corrected chi connectivity index (χ4v) is 1.47. The van der Waals surface area contributed by atoms with Gasteiger partial charge in [0.15, 0.2) is 0 Å². The molecule has 0 heterocycles. The molecule has 1 rings (SSSR count). The zero-order valence-electron chi connectivity index (χ0n) is 7.07. The minimum atomic E-state index is -1.14. The molecule has 3 unspecified atom stereocenters. The summed E-state index contributed by atoms with van der Waals surface area (Å²) < 4.78 is 0. The van der Waals surface area contributed by atoms with Crippen molar-refractivity contribution in [1.29, 1.82) is 0 Å². The zero-order chi connectivity index (χ0) is 9.35. The Kier molecular flexibility index (Phi) is 2.43. The second-order valence-corrected chi connectivity index (χ2v) is 3.54.